The van der Waals surface area contributed by atoms with E-state index in [1.807, 2.05) is 27.7 Å². The highest BCUT2D eigenvalue weighted by atomic mass is 32.2. The Morgan fingerprint density at radius 2 is 1.29 bits per heavy atom. The average molecular weight is 216 g/mol. The number of fused-ring (bicyclic) bond motifs is 2. The largest absolute Gasteiger partial charge is 0.155 e. The smallest absolute Gasteiger partial charge is 0.00523 e. The van der Waals surface area contributed by atoms with Crippen LogP contribution in [0.15, 0.2) is 0 Å². The molecule has 2 fully saturated rings. The number of hydrogen-bond acceptors (Lipinski definition) is 1. The van der Waals surface area contributed by atoms with E-state index in [0.717, 1.165) is 16.4 Å². The number of hydrogen-bond donors (Lipinski definition) is 0. The summed E-state index contributed by atoms with van der Waals surface area (Å²) in [5, 5.41) is 2.09. The quantitative estimate of drug-likeness (QED) is 0.541. The molecule has 0 amide bonds. The molecular weight excluding hydrogens is 188 g/mol. The maximum atomic E-state index is 2.42. The zero-order valence-corrected chi connectivity index (χ0v) is 11.5. The molecule has 0 N–H and O–H groups in total. The Kier molecular flexibility index (Phi) is 8.86. The van der Waals surface area contributed by atoms with Gasteiger partial charge in [0.05, 0.1) is 0 Å². The molecule has 2 bridgehead atoms. The molecule has 2 saturated heterocycles. The molecular formula is C13H28S. The van der Waals surface area contributed by atoms with Gasteiger partial charge in [-0.25, -0.2) is 0 Å². The molecule has 0 aromatic heterocycles. The summed E-state index contributed by atoms with van der Waals surface area (Å²) in [6.45, 7) is 10.4. The molecule has 2 aliphatic heterocycles. The molecule has 2 rings (SSSR count). The number of thioether (sulfide) groups is 1. The molecule has 0 aliphatic carbocycles. The maximum absolute atomic E-state index is 2.42. The number of rotatable bonds is 0. The normalized spacial score (nSPS) is 34.5. The molecule has 1 heteroatoms. The molecule has 0 saturated carbocycles. The fourth-order valence-electron chi connectivity index (χ4n) is 2.32. The van der Waals surface area contributed by atoms with Crippen LogP contribution in [0.5, 0.6) is 0 Å². The molecule has 14 heavy (non-hydrogen) atoms. The van der Waals surface area contributed by atoms with Crippen molar-refractivity contribution < 1.29 is 0 Å². The van der Waals surface area contributed by atoms with Gasteiger partial charge in [0, 0.05) is 10.5 Å². The Balaban J connectivity index is 0.000000379. The second-order valence-electron chi connectivity index (χ2n) is 3.89. The van der Waals surface area contributed by atoms with E-state index in [4.69, 9.17) is 0 Å². The molecule has 0 radical (unpaired) electrons. The van der Waals surface area contributed by atoms with Crippen LogP contribution in [0.1, 0.15) is 66.7 Å². The monoisotopic (exact) mass is 216 g/mol. The van der Waals surface area contributed by atoms with Gasteiger partial charge in [-0.05, 0) is 31.6 Å². The molecule has 0 nitrogen and oxygen atoms in total. The lowest BCUT2D eigenvalue weighted by Gasteiger charge is -2.37. The first-order chi connectivity index (χ1) is 6.84. The molecule has 2 heterocycles. The van der Waals surface area contributed by atoms with Crippen molar-refractivity contribution in [3.05, 3.63) is 0 Å². The van der Waals surface area contributed by atoms with Gasteiger partial charge in [-0.2, -0.15) is 11.8 Å². The minimum absolute atomic E-state index is 1.02. The molecule has 86 valence electrons. The van der Waals surface area contributed by atoms with Crippen LogP contribution in [0, 0.1) is 5.92 Å². The topological polar surface area (TPSA) is 0 Å². The SMILES string of the molecule is CC.CC.CC1CC2CCCC(C1)S2. The van der Waals surface area contributed by atoms with Gasteiger partial charge in [0.15, 0.2) is 0 Å². The Hall–Kier alpha value is 0.350. The van der Waals surface area contributed by atoms with Crippen LogP contribution >= 0.6 is 11.8 Å². The molecule has 0 aromatic carbocycles. The third kappa shape index (κ3) is 4.72. The van der Waals surface area contributed by atoms with E-state index >= 15 is 0 Å². The standard InChI is InChI=1S/C9H16S.2C2H6/c1-7-5-8-3-2-4-9(6-7)10-8;2*1-2/h7-9H,2-6H2,1H3;2*1-2H3. The third-order valence-electron chi connectivity index (χ3n) is 2.77. The lowest BCUT2D eigenvalue weighted by atomic mass is 9.91. The van der Waals surface area contributed by atoms with Crippen molar-refractivity contribution in [1.29, 1.82) is 0 Å². The van der Waals surface area contributed by atoms with Gasteiger partial charge in [-0.15, -0.1) is 0 Å². The summed E-state index contributed by atoms with van der Waals surface area (Å²) < 4.78 is 0. The maximum Gasteiger partial charge on any atom is 0.00523 e. The van der Waals surface area contributed by atoms with Crippen molar-refractivity contribution in [2.24, 2.45) is 5.92 Å². The van der Waals surface area contributed by atoms with Crippen LogP contribution in [0.4, 0.5) is 0 Å². The first-order valence-corrected chi connectivity index (χ1v) is 7.44. The zero-order chi connectivity index (χ0) is 11.0. The summed E-state index contributed by atoms with van der Waals surface area (Å²) in [6.07, 6.45) is 7.52. The zero-order valence-electron chi connectivity index (χ0n) is 10.7. The minimum Gasteiger partial charge on any atom is -0.155 e. The Labute approximate surface area is 95.2 Å². The fourth-order valence-corrected chi connectivity index (χ4v) is 4.35. The molecule has 2 atom stereocenters. The van der Waals surface area contributed by atoms with Gasteiger partial charge in [0.25, 0.3) is 0 Å². The van der Waals surface area contributed by atoms with Crippen molar-refractivity contribution >= 4 is 11.8 Å². The van der Waals surface area contributed by atoms with E-state index in [1.54, 1.807) is 0 Å². The van der Waals surface area contributed by atoms with Gasteiger partial charge in [-0.3, -0.25) is 0 Å². The summed E-state index contributed by atoms with van der Waals surface area (Å²) in [5.74, 6) is 1.02. The average Bonchev–Trinajstić information content (AvgIpc) is 2.23. The van der Waals surface area contributed by atoms with E-state index in [-0.39, 0.29) is 0 Å². The second-order valence-corrected chi connectivity index (χ2v) is 5.49. The molecule has 0 spiro atoms. The fraction of sp³-hybridized carbons (Fsp3) is 1.00. The van der Waals surface area contributed by atoms with Crippen molar-refractivity contribution in [2.45, 2.75) is 77.2 Å². The van der Waals surface area contributed by atoms with Gasteiger partial charge in [0.2, 0.25) is 0 Å². The van der Waals surface area contributed by atoms with Gasteiger partial charge in [-0.1, -0.05) is 41.0 Å². The summed E-state index contributed by atoms with van der Waals surface area (Å²) in [7, 11) is 0. The first-order valence-electron chi connectivity index (χ1n) is 6.50. The van der Waals surface area contributed by atoms with Crippen molar-refractivity contribution in [3.8, 4) is 0 Å². The van der Waals surface area contributed by atoms with Gasteiger partial charge in [0.1, 0.15) is 0 Å². The summed E-state index contributed by atoms with van der Waals surface area (Å²) in [5.41, 5.74) is 0. The summed E-state index contributed by atoms with van der Waals surface area (Å²) >= 11 is 2.28. The summed E-state index contributed by atoms with van der Waals surface area (Å²) in [6, 6.07) is 0. The van der Waals surface area contributed by atoms with Gasteiger partial charge >= 0.3 is 0 Å². The van der Waals surface area contributed by atoms with Crippen molar-refractivity contribution in [1.82, 2.24) is 0 Å². The predicted molar refractivity (Wildman–Crippen MR) is 70.1 cm³/mol. The van der Waals surface area contributed by atoms with E-state index < -0.39 is 0 Å². The predicted octanol–water partition coefficient (Wildman–Crippen LogP) is 5.12. The van der Waals surface area contributed by atoms with Crippen LogP contribution in [0.3, 0.4) is 0 Å². The van der Waals surface area contributed by atoms with E-state index in [9.17, 15) is 0 Å². The summed E-state index contributed by atoms with van der Waals surface area (Å²) in [4.78, 5) is 0. The molecule has 0 aromatic rings. The van der Waals surface area contributed by atoms with Crippen molar-refractivity contribution in [2.75, 3.05) is 0 Å². The highest BCUT2D eigenvalue weighted by Gasteiger charge is 2.29. The molecule has 2 unspecified atom stereocenters. The second kappa shape index (κ2) is 8.64. The van der Waals surface area contributed by atoms with E-state index in [0.29, 0.717) is 0 Å². The Bertz CT molecular complexity index is 106. The van der Waals surface area contributed by atoms with E-state index in [1.165, 1.54) is 32.1 Å². The highest BCUT2D eigenvalue weighted by Crippen LogP contribution is 2.43. The minimum atomic E-state index is 1.02. The van der Waals surface area contributed by atoms with Crippen LogP contribution < -0.4 is 0 Å². The van der Waals surface area contributed by atoms with Crippen LogP contribution in [-0.2, 0) is 0 Å². The van der Waals surface area contributed by atoms with Crippen LogP contribution in [0.25, 0.3) is 0 Å². The van der Waals surface area contributed by atoms with Crippen molar-refractivity contribution in [3.63, 3.8) is 0 Å². The van der Waals surface area contributed by atoms with Crippen LogP contribution in [-0.4, -0.2) is 10.5 Å². The van der Waals surface area contributed by atoms with E-state index in [2.05, 4.69) is 18.7 Å². The molecule has 2 aliphatic rings. The Morgan fingerprint density at radius 3 is 1.71 bits per heavy atom. The first kappa shape index (κ1) is 14.3. The third-order valence-corrected chi connectivity index (χ3v) is 4.39. The highest BCUT2D eigenvalue weighted by molar-refractivity contribution is 8.00. The lowest BCUT2D eigenvalue weighted by molar-refractivity contribution is 0.394. The lowest BCUT2D eigenvalue weighted by Crippen LogP contribution is -2.27. The Morgan fingerprint density at radius 1 is 0.857 bits per heavy atom. The van der Waals surface area contributed by atoms with Gasteiger partial charge < -0.3 is 0 Å². The van der Waals surface area contributed by atoms with Crippen LogP contribution in [0.2, 0.25) is 0 Å².